The Bertz CT molecular complexity index is 381. The number of thiazole rings is 1. The van der Waals surface area contributed by atoms with Crippen LogP contribution in [-0.4, -0.2) is 36.2 Å². The normalized spacial score (nSPS) is 10.3. The first-order valence-corrected chi connectivity index (χ1v) is 6.83. The third-order valence-corrected chi connectivity index (χ3v) is 3.53. The van der Waals surface area contributed by atoms with Crippen molar-refractivity contribution in [2.24, 2.45) is 0 Å². The first kappa shape index (κ1) is 14.7. The second-order valence-corrected chi connectivity index (χ2v) is 4.88. The molecular weight excluding hydrogens is 252 g/mol. The molecule has 0 fully saturated rings. The number of carbonyl (C=O) groups excluding carboxylic acids is 1. The van der Waals surface area contributed by atoms with E-state index in [2.05, 4.69) is 15.6 Å². The lowest BCUT2D eigenvalue weighted by Gasteiger charge is -2.03. The van der Waals surface area contributed by atoms with E-state index in [9.17, 15) is 4.79 Å². The van der Waals surface area contributed by atoms with Crippen LogP contribution in [0.3, 0.4) is 0 Å². The van der Waals surface area contributed by atoms with Gasteiger partial charge < -0.3 is 21.5 Å². The van der Waals surface area contributed by atoms with E-state index < -0.39 is 0 Å². The largest absolute Gasteiger partial charge is 0.396 e. The predicted molar refractivity (Wildman–Crippen MR) is 74.0 cm³/mol. The summed E-state index contributed by atoms with van der Waals surface area (Å²) < 4.78 is 0. The van der Waals surface area contributed by atoms with Crippen LogP contribution in [0.5, 0.6) is 0 Å². The molecule has 0 saturated carbocycles. The summed E-state index contributed by atoms with van der Waals surface area (Å²) in [5, 5.41) is 14.9. The van der Waals surface area contributed by atoms with Gasteiger partial charge in [-0.3, -0.25) is 4.79 Å². The van der Waals surface area contributed by atoms with E-state index in [4.69, 9.17) is 10.8 Å². The van der Waals surface area contributed by atoms with Gasteiger partial charge in [0.1, 0.15) is 10.7 Å². The number of hydrogen-bond acceptors (Lipinski definition) is 6. The fourth-order valence-corrected chi connectivity index (χ4v) is 2.23. The smallest absolute Gasteiger partial charge is 0.265 e. The third-order valence-electron chi connectivity index (χ3n) is 2.44. The molecule has 0 radical (unpaired) electrons. The Labute approximate surface area is 111 Å². The summed E-state index contributed by atoms with van der Waals surface area (Å²) in [5.41, 5.74) is 5.66. The SMILES string of the molecule is CNc1nc(N)c(C(=O)NCCCCCCO)s1. The van der Waals surface area contributed by atoms with E-state index in [0.29, 0.717) is 16.6 Å². The number of nitrogens with two attached hydrogens (primary N) is 1. The average Bonchev–Trinajstić information content (AvgIpc) is 2.75. The van der Waals surface area contributed by atoms with Gasteiger partial charge >= 0.3 is 0 Å². The standard InChI is InChI=1S/C11H20N4O2S/c1-13-11-15-9(12)8(18-11)10(17)14-6-4-2-3-5-7-16/h16H,2-7,12H2,1H3,(H,13,15)(H,14,17). The lowest BCUT2D eigenvalue weighted by molar-refractivity contribution is 0.0957. The zero-order chi connectivity index (χ0) is 13.4. The van der Waals surface area contributed by atoms with E-state index >= 15 is 0 Å². The van der Waals surface area contributed by atoms with Crippen LogP contribution in [0.25, 0.3) is 0 Å². The van der Waals surface area contributed by atoms with Gasteiger partial charge in [-0.1, -0.05) is 24.2 Å². The third kappa shape index (κ3) is 4.50. The lowest BCUT2D eigenvalue weighted by Crippen LogP contribution is -2.24. The topological polar surface area (TPSA) is 100 Å². The lowest BCUT2D eigenvalue weighted by atomic mass is 10.2. The maximum Gasteiger partial charge on any atom is 0.265 e. The molecule has 0 aromatic carbocycles. The molecule has 6 nitrogen and oxygen atoms in total. The van der Waals surface area contributed by atoms with Gasteiger partial charge in [0.05, 0.1) is 0 Å². The first-order valence-electron chi connectivity index (χ1n) is 6.02. The molecule has 7 heteroatoms. The predicted octanol–water partition coefficient (Wildman–Crippen LogP) is 1.05. The van der Waals surface area contributed by atoms with Gasteiger partial charge in [-0.15, -0.1) is 0 Å². The number of aliphatic hydroxyl groups excluding tert-OH is 1. The Hall–Kier alpha value is -1.34. The first-order chi connectivity index (χ1) is 8.69. The number of nitrogen functional groups attached to an aromatic ring is 1. The zero-order valence-corrected chi connectivity index (χ0v) is 11.3. The average molecular weight is 272 g/mol. The second kappa shape index (κ2) is 7.88. The maximum absolute atomic E-state index is 11.8. The summed E-state index contributed by atoms with van der Waals surface area (Å²) in [7, 11) is 1.74. The molecule has 0 atom stereocenters. The number of carbonyl (C=O) groups is 1. The Balaban J connectivity index is 2.29. The Morgan fingerprint density at radius 2 is 2.11 bits per heavy atom. The maximum atomic E-state index is 11.8. The van der Waals surface area contributed by atoms with Crippen LogP contribution >= 0.6 is 11.3 Å². The molecule has 5 N–H and O–H groups in total. The molecule has 1 rings (SSSR count). The Morgan fingerprint density at radius 1 is 1.39 bits per heavy atom. The van der Waals surface area contributed by atoms with Crippen LogP contribution in [0.4, 0.5) is 10.9 Å². The molecule has 0 bridgehead atoms. The van der Waals surface area contributed by atoms with E-state index in [1.165, 1.54) is 11.3 Å². The van der Waals surface area contributed by atoms with Gasteiger partial charge in [-0.2, -0.15) is 0 Å². The quantitative estimate of drug-likeness (QED) is 0.530. The fourth-order valence-electron chi connectivity index (χ4n) is 1.47. The second-order valence-electron chi connectivity index (χ2n) is 3.88. The van der Waals surface area contributed by atoms with Crippen molar-refractivity contribution in [2.45, 2.75) is 25.7 Å². The van der Waals surface area contributed by atoms with Crippen molar-refractivity contribution in [1.29, 1.82) is 0 Å². The number of aliphatic hydroxyl groups is 1. The van der Waals surface area contributed by atoms with Crippen molar-refractivity contribution in [3.05, 3.63) is 4.88 Å². The summed E-state index contributed by atoms with van der Waals surface area (Å²) in [6.45, 7) is 0.854. The van der Waals surface area contributed by atoms with Gasteiger partial charge in [0, 0.05) is 20.2 Å². The molecule has 1 aromatic heterocycles. The van der Waals surface area contributed by atoms with Crippen LogP contribution in [0, 0.1) is 0 Å². The number of rotatable bonds is 8. The number of amides is 1. The summed E-state index contributed by atoms with van der Waals surface area (Å²) in [4.78, 5) is 16.3. The minimum absolute atomic E-state index is 0.173. The summed E-state index contributed by atoms with van der Waals surface area (Å²) in [6.07, 6.45) is 3.71. The van der Waals surface area contributed by atoms with Crippen LogP contribution in [0.15, 0.2) is 0 Å². The number of anilines is 2. The number of nitrogens with zero attached hydrogens (tertiary/aromatic N) is 1. The molecule has 0 aliphatic carbocycles. The monoisotopic (exact) mass is 272 g/mol. The van der Waals surface area contributed by atoms with Crippen LogP contribution in [0.1, 0.15) is 35.4 Å². The van der Waals surface area contributed by atoms with Crippen molar-refractivity contribution < 1.29 is 9.90 Å². The number of nitrogens with one attached hydrogen (secondary N) is 2. The highest BCUT2D eigenvalue weighted by atomic mass is 32.1. The van der Waals surface area contributed by atoms with Gasteiger partial charge in [0.2, 0.25) is 0 Å². The highest BCUT2D eigenvalue weighted by molar-refractivity contribution is 7.18. The van der Waals surface area contributed by atoms with E-state index in [1.807, 2.05) is 0 Å². The Kier molecular flexibility index (Phi) is 6.45. The molecule has 0 saturated heterocycles. The minimum atomic E-state index is -0.173. The zero-order valence-electron chi connectivity index (χ0n) is 10.5. The highest BCUT2D eigenvalue weighted by Gasteiger charge is 2.14. The van der Waals surface area contributed by atoms with Crippen LogP contribution < -0.4 is 16.4 Å². The van der Waals surface area contributed by atoms with E-state index in [-0.39, 0.29) is 18.3 Å². The molecule has 18 heavy (non-hydrogen) atoms. The summed E-state index contributed by atoms with van der Waals surface area (Å²) >= 11 is 1.25. The van der Waals surface area contributed by atoms with E-state index in [0.717, 1.165) is 25.7 Å². The number of unbranched alkanes of at least 4 members (excludes halogenated alkanes) is 3. The van der Waals surface area contributed by atoms with E-state index in [1.54, 1.807) is 7.05 Å². The van der Waals surface area contributed by atoms with Gasteiger partial charge in [-0.05, 0) is 12.8 Å². The molecule has 0 spiro atoms. The van der Waals surface area contributed by atoms with Crippen molar-refractivity contribution in [2.75, 3.05) is 31.2 Å². The minimum Gasteiger partial charge on any atom is -0.396 e. The molecular formula is C11H20N4O2S. The fraction of sp³-hybridized carbons (Fsp3) is 0.636. The molecule has 1 aromatic rings. The molecule has 0 aliphatic rings. The summed E-state index contributed by atoms with van der Waals surface area (Å²) in [5.74, 6) is 0.0933. The highest BCUT2D eigenvalue weighted by Crippen LogP contribution is 2.24. The van der Waals surface area contributed by atoms with Gasteiger partial charge in [0.15, 0.2) is 5.13 Å². The Morgan fingerprint density at radius 3 is 2.72 bits per heavy atom. The molecule has 102 valence electrons. The van der Waals surface area contributed by atoms with Crippen molar-refractivity contribution in [3.8, 4) is 0 Å². The van der Waals surface area contributed by atoms with Gasteiger partial charge in [0.25, 0.3) is 5.91 Å². The van der Waals surface area contributed by atoms with Crippen LogP contribution in [0.2, 0.25) is 0 Å². The van der Waals surface area contributed by atoms with Crippen molar-refractivity contribution >= 4 is 28.2 Å². The number of aromatic nitrogens is 1. The molecule has 0 unspecified atom stereocenters. The molecule has 0 aliphatic heterocycles. The summed E-state index contributed by atoms with van der Waals surface area (Å²) in [6, 6.07) is 0. The van der Waals surface area contributed by atoms with Gasteiger partial charge in [-0.25, -0.2) is 4.98 Å². The van der Waals surface area contributed by atoms with Crippen molar-refractivity contribution in [1.82, 2.24) is 10.3 Å². The van der Waals surface area contributed by atoms with Crippen LogP contribution in [-0.2, 0) is 0 Å². The van der Waals surface area contributed by atoms with Crippen molar-refractivity contribution in [3.63, 3.8) is 0 Å². The molecule has 1 amide bonds. The number of hydrogen-bond donors (Lipinski definition) is 4. The molecule has 1 heterocycles.